The van der Waals surface area contributed by atoms with Crippen molar-refractivity contribution in [1.29, 1.82) is 0 Å². The number of ether oxygens (including phenoxy) is 1. The molecule has 0 unspecified atom stereocenters. The van der Waals surface area contributed by atoms with Crippen molar-refractivity contribution >= 4 is 33.3 Å². The van der Waals surface area contributed by atoms with Crippen LogP contribution in [0.15, 0.2) is 9.95 Å². The van der Waals surface area contributed by atoms with Crippen LogP contribution in [0, 0.1) is 0 Å². The van der Waals surface area contributed by atoms with Gasteiger partial charge in [0.2, 0.25) is 0 Å². The molecule has 8 heteroatoms. The lowest BCUT2D eigenvalue weighted by molar-refractivity contribution is 0.0410. The predicted molar refractivity (Wildman–Crippen MR) is 122 cm³/mol. The largest absolute Gasteiger partial charge is 0.379 e. The Bertz CT molecular complexity index is 887. The van der Waals surface area contributed by atoms with Gasteiger partial charge in [-0.1, -0.05) is 11.8 Å². The number of thioether (sulfide) groups is 1. The Morgan fingerprint density at radius 2 is 1.97 bits per heavy atom. The van der Waals surface area contributed by atoms with E-state index in [2.05, 4.69) is 23.9 Å². The molecule has 1 fully saturated rings. The van der Waals surface area contributed by atoms with Gasteiger partial charge in [-0.05, 0) is 58.3 Å². The van der Waals surface area contributed by atoms with E-state index in [4.69, 9.17) is 9.72 Å². The van der Waals surface area contributed by atoms with Crippen LogP contribution >= 0.6 is 23.1 Å². The Morgan fingerprint density at radius 1 is 1.17 bits per heavy atom. The minimum Gasteiger partial charge on any atom is -0.379 e. The van der Waals surface area contributed by atoms with E-state index in [1.54, 1.807) is 23.1 Å². The highest BCUT2D eigenvalue weighted by Gasteiger charge is 2.22. The first-order chi connectivity index (χ1) is 14.1. The number of thiophene rings is 1. The molecule has 4 rings (SSSR count). The number of nitrogens with zero attached hydrogens (tertiary/aromatic N) is 4. The lowest BCUT2D eigenvalue weighted by atomic mass is 9.97. The van der Waals surface area contributed by atoms with Crippen LogP contribution < -0.4 is 5.56 Å². The van der Waals surface area contributed by atoms with Crippen LogP contribution in [0.3, 0.4) is 0 Å². The zero-order valence-electron chi connectivity index (χ0n) is 17.6. The predicted octanol–water partition coefficient (Wildman–Crippen LogP) is 2.71. The molecule has 0 amide bonds. The first-order valence-corrected chi connectivity index (χ1v) is 12.6. The van der Waals surface area contributed by atoms with Gasteiger partial charge in [0.15, 0.2) is 5.16 Å². The number of rotatable bonds is 8. The van der Waals surface area contributed by atoms with Crippen LogP contribution in [0.2, 0.25) is 0 Å². The van der Waals surface area contributed by atoms with Gasteiger partial charge < -0.3 is 9.64 Å². The summed E-state index contributed by atoms with van der Waals surface area (Å²) in [6.45, 7) is 6.38. The summed E-state index contributed by atoms with van der Waals surface area (Å²) in [5.41, 5.74) is 1.47. The summed E-state index contributed by atoms with van der Waals surface area (Å²) in [6, 6.07) is 0. The molecule has 6 nitrogen and oxygen atoms in total. The van der Waals surface area contributed by atoms with Gasteiger partial charge in [0.1, 0.15) is 4.83 Å². The first-order valence-electron chi connectivity index (χ1n) is 10.8. The summed E-state index contributed by atoms with van der Waals surface area (Å²) in [5.74, 6) is 0.955. The zero-order valence-corrected chi connectivity index (χ0v) is 19.2. The van der Waals surface area contributed by atoms with E-state index < -0.39 is 0 Å². The van der Waals surface area contributed by atoms with Gasteiger partial charge in [0, 0.05) is 36.8 Å². The standard InChI is InChI=1S/C21H32N4O2S2/c1-23(2)8-5-9-25-20(26)18-16-6-3-4-7-17(16)29-19(18)22-21(25)28-15-12-24-10-13-27-14-11-24/h3-15H2,1-2H3. The molecule has 160 valence electrons. The molecule has 0 aromatic carbocycles. The van der Waals surface area contributed by atoms with Crippen LogP contribution in [0.25, 0.3) is 10.2 Å². The molecule has 1 aliphatic carbocycles. The molecule has 0 atom stereocenters. The Kier molecular flexibility index (Phi) is 7.29. The quantitative estimate of drug-likeness (QED) is 0.468. The van der Waals surface area contributed by atoms with Crippen LogP contribution in [0.5, 0.6) is 0 Å². The van der Waals surface area contributed by atoms with Crippen molar-refractivity contribution in [2.24, 2.45) is 0 Å². The maximum atomic E-state index is 13.5. The molecule has 0 N–H and O–H groups in total. The van der Waals surface area contributed by atoms with Crippen LogP contribution in [0.1, 0.15) is 29.7 Å². The molecule has 0 spiro atoms. The van der Waals surface area contributed by atoms with E-state index in [0.29, 0.717) is 0 Å². The zero-order chi connectivity index (χ0) is 20.2. The Balaban J connectivity index is 1.58. The average Bonchev–Trinajstić information content (AvgIpc) is 3.09. The third kappa shape index (κ3) is 5.05. The summed E-state index contributed by atoms with van der Waals surface area (Å²) in [4.78, 5) is 25.5. The molecule has 0 saturated carbocycles. The van der Waals surface area contributed by atoms with Crippen molar-refractivity contribution in [2.45, 2.75) is 43.8 Å². The van der Waals surface area contributed by atoms with Crippen molar-refractivity contribution in [3.05, 3.63) is 20.8 Å². The van der Waals surface area contributed by atoms with Crippen molar-refractivity contribution in [3.63, 3.8) is 0 Å². The Hall–Kier alpha value is -0.930. The van der Waals surface area contributed by atoms with Crippen molar-refractivity contribution in [1.82, 2.24) is 19.4 Å². The normalized spacial score (nSPS) is 17.9. The number of aromatic nitrogens is 2. The highest BCUT2D eigenvalue weighted by atomic mass is 32.2. The summed E-state index contributed by atoms with van der Waals surface area (Å²) in [5, 5.41) is 1.81. The van der Waals surface area contributed by atoms with Crippen molar-refractivity contribution in [2.75, 3.05) is 59.2 Å². The van der Waals surface area contributed by atoms with Crippen LogP contribution in [0.4, 0.5) is 0 Å². The van der Waals surface area contributed by atoms with Gasteiger partial charge >= 0.3 is 0 Å². The highest BCUT2D eigenvalue weighted by Crippen LogP contribution is 2.34. The maximum absolute atomic E-state index is 13.5. The fourth-order valence-electron chi connectivity index (χ4n) is 4.16. The second-order valence-electron chi connectivity index (χ2n) is 8.20. The fourth-order valence-corrected chi connectivity index (χ4v) is 6.49. The number of hydrogen-bond acceptors (Lipinski definition) is 7. The minimum atomic E-state index is 0.182. The third-order valence-electron chi connectivity index (χ3n) is 5.77. The topological polar surface area (TPSA) is 50.6 Å². The maximum Gasteiger partial charge on any atom is 0.263 e. The Labute approximate surface area is 181 Å². The van der Waals surface area contributed by atoms with E-state index in [0.717, 1.165) is 86.3 Å². The summed E-state index contributed by atoms with van der Waals surface area (Å²) < 4.78 is 7.40. The summed E-state index contributed by atoms with van der Waals surface area (Å²) in [7, 11) is 4.16. The van der Waals surface area contributed by atoms with E-state index in [1.807, 2.05) is 4.57 Å². The van der Waals surface area contributed by atoms with Crippen LogP contribution in [-0.4, -0.2) is 78.6 Å². The summed E-state index contributed by atoms with van der Waals surface area (Å²) >= 11 is 3.49. The van der Waals surface area contributed by atoms with Gasteiger partial charge in [-0.2, -0.15) is 0 Å². The third-order valence-corrected chi connectivity index (χ3v) is 7.91. The lowest BCUT2D eigenvalue weighted by Gasteiger charge is -2.26. The highest BCUT2D eigenvalue weighted by molar-refractivity contribution is 7.99. The molecule has 2 aliphatic rings. The molecule has 2 aromatic heterocycles. The average molecular weight is 437 g/mol. The molecule has 2 aromatic rings. The molecule has 3 heterocycles. The molecule has 0 radical (unpaired) electrons. The van der Waals surface area contributed by atoms with E-state index >= 15 is 0 Å². The van der Waals surface area contributed by atoms with Crippen LogP contribution in [-0.2, 0) is 24.1 Å². The number of fused-ring (bicyclic) bond motifs is 3. The smallest absolute Gasteiger partial charge is 0.263 e. The monoisotopic (exact) mass is 436 g/mol. The molecule has 1 saturated heterocycles. The first kappa shape index (κ1) is 21.3. The second-order valence-corrected chi connectivity index (χ2v) is 10.3. The minimum absolute atomic E-state index is 0.182. The van der Waals surface area contributed by atoms with E-state index in [9.17, 15) is 4.79 Å². The lowest BCUT2D eigenvalue weighted by Crippen LogP contribution is -2.37. The van der Waals surface area contributed by atoms with Gasteiger partial charge in [-0.3, -0.25) is 14.3 Å². The number of aryl methyl sites for hydroxylation is 2. The molecular formula is C21H32N4O2S2. The SMILES string of the molecule is CN(C)CCCn1c(SCCN2CCOCC2)nc2sc3c(c2c1=O)CCCC3. The van der Waals surface area contributed by atoms with Crippen molar-refractivity contribution < 1.29 is 4.74 Å². The Morgan fingerprint density at radius 3 is 2.76 bits per heavy atom. The molecule has 0 bridgehead atoms. The summed E-state index contributed by atoms with van der Waals surface area (Å²) in [6.07, 6.45) is 5.53. The van der Waals surface area contributed by atoms with Gasteiger partial charge in [0.25, 0.3) is 5.56 Å². The van der Waals surface area contributed by atoms with E-state index in [-0.39, 0.29) is 5.56 Å². The van der Waals surface area contributed by atoms with Gasteiger partial charge in [-0.15, -0.1) is 11.3 Å². The van der Waals surface area contributed by atoms with Crippen molar-refractivity contribution in [3.8, 4) is 0 Å². The number of hydrogen-bond donors (Lipinski definition) is 0. The molecular weight excluding hydrogens is 404 g/mol. The number of morpholine rings is 1. The molecule has 29 heavy (non-hydrogen) atoms. The molecule has 1 aliphatic heterocycles. The van der Waals surface area contributed by atoms with E-state index in [1.165, 1.54) is 23.3 Å². The fraction of sp³-hybridized carbons (Fsp3) is 0.714. The second kappa shape index (κ2) is 9.92. The van der Waals surface area contributed by atoms with Gasteiger partial charge in [0.05, 0.1) is 18.6 Å². The van der Waals surface area contributed by atoms with Gasteiger partial charge in [-0.25, -0.2) is 4.98 Å².